The van der Waals surface area contributed by atoms with E-state index in [2.05, 4.69) is 91.8 Å². The summed E-state index contributed by atoms with van der Waals surface area (Å²) >= 11 is 3.42. The van der Waals surface area contributed by atoms with Gasteiger partial charge in [-0.2, -0.15) is 0 Å². The molecule has 2 N–H and O–H groups in total. The van der Waals surface area contributed by atoms with E-state index in [4.69, 9.17) is 4.98 Å². The standard InChI is InChI=1S/C24H23BrN8O/c1-24(2,3)12-18-26-19-20(23(34)30-27-21(19)25)33(18)13-14-8-10-15(11-9-14)16-6-4-5-7-17(16)22-28-31-32-29-22/h4-11H,12-13H2,1-3H3,(H,30,34)(H,28,29,31,32). The van der Waals surface area contributed by atoms with Crippen molar-refractivity contribution in [3.63, 3.8) is 0 Å². The van der Waals surface area contributed by atoms with Crippen LogP contribution in [-0.4, -0.2) is 45.5 Å². The molecule has 2 aromatic carbocycles. The SMILES string of the molecule is CC(C)(C)Cc1nc2c(Br)nnc(O)c2n1Cc1ccc(-c2ccccc2-c2nnn[nH]2)cc1. The first kappa shape index (κ1) is 22.1. The lowest BCUT2D eigenvalue weighted by molar-refractivity contribution is 0.393. The van der Waals surface area contributed by atoms with E-state index in [9.17, 15) is 5.11 Å². The summed E-state index contributed by atoms with van der Waals surface area (Å²) in [4.78, 5) is 4.79. The van der Waals surface area contributed by atoms with Gasteiger partial charge in [0.2, 0.25) is 0 Å². The summed E-state index contributed by atoms with van der Waals surface area (Å²) in [6.07, 6.45) is 0.740. The number of tetrazole rings is 1. The molecule has 0 fully saturated rings. The minimum Gasteiger partial charge on any atom is -0.491 e. The number of aromatic hydroxyl groups is 1. The monoisotopic (exact) mass is 518 g/mol. The van der Waals surface area contributed by atoms with Crippen LogP contribution in [0, 0.1) is 5.41 Å². The van der Waals surface area contributed by atoms with E-state index in [1.807, 2.05) is 28.8 Å². The molecule has 5 aromatic rings. The molecule has 0 unspecified atom stereocenters. The molecule has 172 valence electrons. The molecule has 10 heteroatoms. The van der Waals surface area contributed by atoms with Crippen molar-refractivity contribution in [2.75, 3.05) is 0 Å². The summed E-state index contributed by atoms with van der Waals surface area (Å²) in [6, 6.07) is 16.3. The maximum atomic E-state index is 10.5. The van der Waals surface area contributed by atoms with Crippen LogP contribution in [0.5, 0.6) is 5.88 Å². The predicted molar refractivity (Wildman–Crippen MR) is 132 cm³/mol. The van der Waals surface area contributed by atoms with E-state index in [0.29, 0.717) is 28.0 Å². The summed E-state index contributed by atoms with van der Waals surface area (Å²) in [5.74, 6) is 1.37. The molecule has 3 heterocycles. The van der Waals surface area contributed by atoms with Crippen LogP contribution in [0.15, 0.2) is 53.1 Å². The number of aromatic amines is 1. The molecule has 34 heavy (non-hydrogen) atoms. The second-order valence-electron chi connectivity index (χ2n) is 9.36. The summed E-state index contributed by atoms with van der Waals surface area (Å²) in [5.41, 5.74) is 5.30. The fourth-order valence-electron chi connectivity index (χ4n) is 4.02. The molecule has 0 bridgehead atoms. The topological polar surface area (TPSA) is 118 Å². The first-order valence-electron chi connectivity index (χ1n) is 10.8. The second-order valence-corrected chi connectivity index (χ2v) is 10.1. The zero-order chi connectivity index (χ0) is 23.9. The minimum absolute atomic E-state index is 0.0191. The number of aromatic nitrogens is 8. The normalized spacial score (nSPS) is 11.9. The van der Waals surface area contributed by atoms with E-state index in [1.165, 1.54) is 0 Å². The van der Waals surface area contributed by atoms with Crippen molar-refractivity contribution in [2.45, 2.75) is 33.7 Å². The van der Waals surface area contributed by atoms with Gasteiger partial charge in [0.15, 0.2) is 10.4 Å². The molecule has 0 aliphatic heterocycles. The average molecular weight is 519 g/mol. The lowest BCUT2D eigenvalue weighted by Crippen LogP contribution is -2.15. The van der Waals surface area contributed by atoms with Crippen molar-refractivity contribution in [3.05, 3.63) is 64.5 Å². The number of imidazole rings is 1. The van der Waals surface area contributed by atoms with E-state index in [0.717, 1.165) is 34.5 Å². The summed E-state index contributed by atoms with van der Waals surface area (Å²) in [6.45, 7) is 7.04. The van der Waals surface area contributed by atoms with Crippen LogP contribution in [0.4, 0.5) is 0 Å². The molecule has 5 rings (SSSR count). The summed E-state index contributed by atoms with van der Waals surface area (Å²) in [5, 5.41) is 32.6. The molecule has 0 radical (unpaired) electrons. The van der Waals surface area contributed by atoms with Gasteiger partial charge in [0.05, 0.1) is 0 Å². The number of H-pyrrole nitrogens is 1. The van der Waals surface area contributed by atoms with Gasteiger partial charge in [0.25, 0.3) is 5.88 Å². The zero-order valence-corrected chi connectivity index (χ0v) is 20.6. The number of rotatable bonds is 5. The molecule has 3 aromatic heterocycles. The highest BCUT2D eigenvalue weighted by atomic mass is 79.9. The summed E-state index contributed by atoms with van der Waals surface area (Å²) < 4.78 is 2.54. The van der Waals surface area contributed by atoms with Gasteiger partial charge in [-0.3, -0.25) is 0 Å². The maximum absolute atomic E-state index is 10.5. The molecule has 0 atom stereocenters. The van der Waals surface area contributed by atoms with E-state index >= 15 is 0 Å². The van der Waals surface area contributed by atoms with E-state index < -0.39 is 0 Å². The third kappa shape index (κ3) is 4.28. The van der Waals surface area contributed by atoms with Crippen LogP contribution < -0.4 is 0 Å². The Balaban J connectivity index is 1.53. The molecule has 0 amide bonds. The average Bonchev–Trinajstić information content (AvgIpc) is 3.46. The molecule has 0 spiro atoms. The predicted octanol–water partition coefficient (Wildman–Crippen LogP) is 4.78. The van der Waals surface area contributed by atoms with Crippen LogP contribution in [0.3, 0.4) is 0 Å². The van der Waals surface area contributed by atoms with Crippen molar-refractivity contribution in [1.82, 2.24) is 40.4 Å². The molecule has 0 saturated carbocycles. The largest absolute Gasteiger partial charge is 0.491 e. The fraction of sp³-hybridized carbons (Fsp3) is 0.250. The fourth-order valence-corrected chi connectivity index (χ4v) is 4.38. The Morgan fingerprint density at radius 1 is 0.971 bits per heavy atom. The molecule has 0 aliphatic carbocycles. The highest BCUT2D eigenvalue weighted by Gasteiger charge is 2.22. The number of nitrogens with one attached hydrogen (secondary N) is 1. The molecular weight excluding hydrogens is 496 g/mol. The third-order valence-corrected chi connectivity index (χ3v) is 6.04. The van der Waals surface area contributed by atoms with Crippen molar-refractivity contribution in [3.8, 4) is 28.4 Å². The highest BCUT2D eigenvalue weighted by Crippen LogP contribution is 2.33. The van der Waals surface area contributed by atoms with Gasteiger partial charge in [-0.25, -0.2) is 10.1 Å². The highest BCUT2D eigenvalue weighted by molar-refractivity contribution is 9.10. The quantitative estimate of drug-likeness (QED) is 0.343. The molecule has 0 aliphatic rings. The Labute approximate surface area is 204 Å². The van der Waals surface area contributed by atoms with Crippen LogP contribution in [-0.2, 0) is 13.0 Å². The number of hydrogen-bond donors (Lipinski definition) is 2. The Hall–Kier alpha value is -3.66. The Bertz CT molecular complexity index is 1450. The van der Waals surface area contributed by atoms with Gasteiger partial charge in [-0.05, 0) is 48.5 Å². The van der Waals surface area contributed by atoms with Gasteiger partial charge < -0.3 is 9.67 Å². The smallest absolute Gasteiger partial charge is 0.257 e. The Kier molecular flexibility index (Phi) is 5.60. The van der Waals surface area contributed by atoms with Crippen molar-refractivity contribution in [2.24, 2.45) is 5.41 Å². The van der Waals surface area contributed by atoms with Crippen molar-refractivity contribution < 1.29 is 5.11 Å². The molecule has 9 nitrogen and oxygen atoms in total. The second kappa shape index (κ2) is 8.60. The molecule has 0 saturated heterocycles. The Morgan fingerprint density at radius 3 is 2.38 bits per heavy atom. The zero-order valence-electron chi connectivity index (χ0n) is 19.0. The van der Waals surface area contributed by atoms with Gasteiger partial charge in [-0.15, -0.1) is 15.3 Å². The van der Waals surface area contributed by atoms with Crippen LogP contribution in [0.1, 0.15) is 32.2 Å². The lowest BCUT2D eigenvalue weighted by Gasteiger charge is -2.19. The van der Waals surface area contributed by atoms with Crippen LogP contribution >= 0.6 is 15.9 Å². The first-order valence-corrected chi connectivity index (χ1v) is 11.6. The van der Waals surface area contributed by atoms with Crippen LogP contribution in [0.25, 0.3) is 33.5 Å². The number of halogens is 1. The Morgan fingerprint density at radius 2 is 1.71 bits per heavy atom. The van der Waals surface area contributed by atoms with Gasteiger partial charge >= 0.3 is 0 Å². The first-order chi connectivity index (χ1) is 16.3. The van der Waals surface area contributed by atoms with Gasteiger partial charge in [0.1, 0.15) is 16.9 Å². The summed E-state index contributed by atoms with van der Waals surface area (Å²) in [7, 11) is 0. The minimum atomic E-state index is -0.128. The third-order valence-electron chi connectivity index (χ3n) is 5.51. The number of fused-ring (bicyclic) bond motifs is 1. The maximum Gasteiger partial charge on any atom is 0.257 e. The van der Waals surface area contributed by atoms with E-state index in [1.54, 1.807) is 0 Å². The number of benzene rings is 2. The molecular formula is C24H23BrN8O. The lowest BCUT2D eigenvalue weighted by atomic mass is 9.92. The van der Waals surface area contributed by atoms with Crippen molar-refractivity contribution in [1.29, 1.82) is 0 Å². The van der Waals surface area contributed by atoms with Gasteiger partial charge in [-0.1, -0.05) is 69.3 Å². The number of nitrogens with zero attached hydrogens (tertiary/aromatic N) is 7. The van der Waals surface area contributed by atoms with E-state index in [-0.39, 0.29) is 11.3 Å². The van der Waals surface area contributed by atoms with Crippen LogP contribution in [0.2, 0.25) is 0 Å². The van der Waals surface area contributed by atoms with Crippen molar-refractivity contribution >= 4 is 27.0 Å². The van der Waals surface area contributed by atoms with Gasteiger partial charge in [0, 0.05) is 18.5 Å². The number of hydrogen-bond acceptors (Lipinski definition) is 7.